The topological polar surface area (TPSA) is 99.0 Å². The number of aromatic nitrogens is 4. The fourth-order valence-corrected chi connectivity index (χ4v) is 2.32. The number of rotatable bonds is 5. The first-order chi connectivity index (χ1) is 9.01. The van der Waals surface area contributed by atoms with Gasteiger partial charge in [0.05, 0.1) is 18.6 Å². The summed E-state index contributed by atoms with van der Waals surface area (Å²) in [4.78, 5) is 1.26. The summed E-state index contributed by atoms with van der Waals surface area (Å²) in [5.74, 6) is 0.537. The molecule has 1 aromatic carbocycles. The summed E-state index contributed by atoms with van der Waals surface area (Å²) in [6.45, 7) is 2.37. The van der Waals surface area contributed by atoms with Crippen LogP contribution < -0.4 is 9.46 Å². The van der Waals surface area contributed by atoms with Gasteiger partial charge < -0.3 is 4.74 Å². The third-order valence-electron chi connectivity index (χ3n) is 2.18. The molecule has 2 rings (SSSR count). The number of aryl methyl sites for hydroxylation is 1. The molecule has 0 bridgehead atoms. The van der Waals surface area contributed by atoms with Gasteiger partial charge in [0.25, 0.3) is 16.0 Å². The number of tetrazole rings is 1. The van der Waals surface area contributed by atoms with E-state index >= 15 is 0 Å². The van der Waals surface area contributed by atoms with Crippen LogP contribution in [0.3, 0.4) is 0 Å². The lowest BCUT2D eigenvalue weighted by atomic mass is 10.3. The minimum Gasteiger partial charge on any atom is -0.494 e. The van der Waals surface area contributed by atoms with Crippen LogP contribution in [0.4, 0.5) is 5.95 Å². The van der Waals surface area contributed by atoms with Gasteiger partial charge in [-0.1, -0.05) is 5.10 Å². The summed E-state index contributed by atoms with van der Waals surface area (Å²) in [5, 5.41) is 10.8. The van der Waals surface area contributed by atoms with Gasteiger partial charge in [-0.2, -0.15) is 4.80 Å². The lowest BCUT2D eigenvalue weighted by Gasteiger charge is -2.06. The fraction of sp³-hybridized carbons (Fsp3) is 0.300. The molecule has 1 N–H and O–H groups in total. The highest BCUT2D eigenvalue weighted by molar-refractivity contribution is 7.92. The van der Waals surface area contributed by atoms with Crippen molar-refractivity contribution in [3.8, 4) is 5.75 Å². The summed E-state index contributed by atoms with van der Waals surface area (Å²) in [6, 6.07) is 6.07. The van der Waals surface area contributed by atoms with Crippen molar-refractivity contribution in [3.05, 3.63) is 24.3 Å². The minimum absolute atomic E-state index is 0.0728. The molecule has 1 heterocycles. The molecule has 0 saturated carbocycles. The summed E-state index contributed by atoms with van der Waals surface area (Å²) >= 11 is 0. The maximum atomic E-state index is 12.0. The van der Waals surface area contributed by atoms with Gasteiger partial charge in [-0.05, 0) is 36.4 Å². The first-order valence-electron chi connectivity index (χ1n) is 5.51. The number of hydrogen-bond acceptors (Lipinski definition) is 6. The monoisotopic (exact) mass is 283 g/mol. The van der Waals surface area contributed by atoms with Crippen molar-refractivity contribution in [2.45, 2.75) is 11.8 Å². The molecule has 0 spiro atoms. The first kappa shape index (κ1) is 13.3. The van der Waals surface area contributed by atoms with Crippen molar-refractivity contribution >= 4 is 16.0 Å². The predicted octanol–water partition coefficient (Wildman–Crippen LogP) is 0.410. The molecule has 1 aromatic heterocycles. The zero-order valence-electron chi connectivity index (χ0n) is 10.4. The molecule has 0 unspecified atom stereocenters. The van der Waals surface area contributed by atoms with Gasteiger partial charge in [-0.3, -0.25) is 0 Å². The van der Waals surface area contributed by atoms with Crippen LogP contribution in [-0.2, 0) is 17.1 Å². The number of anilines is 1. The molecule has 2 aromatic rings. The van der Waals surface area contributed by atoms with Crippen molar-refractivity contribution in [1.82, 2.24) is 20.2 Å². The highest BCUT2D eigenvalue weighted by atomic mass is 32.2. The Morgan fingerprint density at radius 3 is 2.53 bits per heavy atom. The van der Waals surface area contributed by atoms with Crippen molar-refractivity contribution in [1.29, 1.82) is 0 Å². The van der Waals surface area contributed by atoms with Crippen LogP contribution in [-0.4, -0.2) is 35.2 Å². The number of benzene rings is 1. The van der Waals surface area contributed by atoms with E-state index in [9.17, 15) is 8.42 Å². The van der Waals surface area contributed by atoms with Gasteiger partial charge in [0.15, 0.2) is 0 Å². The van der Waals surface area contributed by atoms with Gasteiger partial charge in [-0.15, -0.1) is 5.10 Å². The highest BCUT2D eigenvalue weighted by Crippen LogP contribution is 2.17. The van der Waals surface area contributed by atoms with E-state index in [2.05, 4.69) is 20.1 Å². The smallest absolute Gasteiger partial charge is 0.277 e. The zero-order chi connectivity index (χ0) is 13.9. The van der Waals surface area contributed by atoms with E-state index in [0.29, 0.717) is 12.4 Å². The van der Waals surface area contributed by atoms with Crippen LogP contribution in [0, 0.1) is 0 Å². The highest BCUT2D eigenvalue weighted by Gasteiger charge is 2.16. The minimum atomic E-state index is -3.72. The quantitative estimate of drug-likeness (QED) is 0.853. The van der Waals surface area contributed by atoms with Gasteiger partial charge in [-0.25, -0.2) is 13.1 Å². The predicted molar refractivity (Wildman–Crippen MR) is 67.2 cm³/mol. The average molecular weight is 283 g/mol. The van der Waals surface area contributed by atoms with Crippen LogP contribution in [0.2, 0.25) is 0 Å². The van der Waals surface area contributed by atoms with E-state index in [1.165, 1.54) is 12.1 Å². The largest absolute Gasteiger partial charge is 0.494 e. The summed E-state index contributed by atoms with van der Waals surface area (Å²) in [5.41, 5.74) is 0. The standard InChI is InChI=1S/C10H13N5O3S/c1-3-18-8-4-6-9(7-5-8)19(16,17)13-10-11-14-15(2)12-10/h4-7H,3H2,1-2H3,(H,12,13). The molecule has 8 nitrogen and oxygen atoms in total. The Labute approximate surface area is 110 Å². The molecule has 0 fully saturated rings. The van der Waals surface area contributed by atoms with E-state index < -0.39 is 10.0 Å². The van der Waals surface area contributed by atoms with E-state index in [1.54, 1.807) is 19.2 Å². The molecule has 0 aliphatic heterocycles. The molecular formula is C10H13N5O3S. The Balaban J connectivity index is 2.19. The summed E-state index contributed by atoms with van der Waals surface area (Å²) < 4.78 is 31.5. The van der Waals surface area contributed by atoms with Crippen LogP contribution >= 0.6 is 0 Å². The van der Waals surface area contributed by atoms with E-state index in [1.807, 2.05) is 6.92 Å². The summed E-state index contributed by atoms with van der Waals surface area (Å²) in [6.07, 6.45) is 0. The normalized spacial score (nSPS) is 11.3. The molecule has 0 aliphatic carbocycles. The van der Waals surface area contributed by atoms with Gasteiger partial charge in [0, 0.05) is 0 Å². The Morgan fingerprint density at radius 1 is 1.32 bits per heavy atom. The number of sulfonamides is 1. The molecule has 0 amide bonds. The van der Waals surface area contributed by atoms with Gasteiger partial charge >= 0.3 is 0 Å². The van der Waals surface area contributed by atoms with E-state index in [4.69, 9.17) is 4.74 Å². The lowest BCUT2D eigenvalue weighted by molar-refractivity contribution is 0.340. The molecule has 0 atom stereocenters. The zero-order valence-corrected chi connectivity index (χ0v) is 11.3. The lowest BCUT2D eigenvalue weighted by Crippen LogP contribution is -2.14. The number of nitrogens with zero attached hydrogens (tertiary/aromatic N) is 4. The third kappa shape index (κ3) is 3.19. The third-order valence-corrected chi connectivity index (χ3v) is 3.52. The Hall–Kier alpha value is -2.16. The maximum absolute atomic E-state index is 12.0. The summed E-state index contributed by atoms with van der Waals surface area (Å²) in [7, 11) is -2.17. The second-order valence-corrected chi connectivity index (χ2v) is 5.29. The van der Waals surface area contributed by atoms with Crippen LogP contribution in [0.5, 0.6) is 5.75 Å². The molecule has 102 valence electrons. The average Bonchev–Trinajstić information content (AvgIpc) is 2.75. The molecular weight excluding hydrogens is 270 g/mol. The number of hydrogen-bond donors (Lipinski definition) is 1. The molecule has 9 heteroatoms. The molecule has 0 aliphatic rings. The molecule has 0 saturated heterocycles. The Morgan fingerprint density at radius 2 is 2.00 bits per heavy atom. The SMILES string of the molecule is CCOc1ccc(S(=O)(=O)Nc2nnn(C)n2)cc1. The van der Waals surface area contributed by atoms with Crippen LogP contribution in [0.15, 0.2) is 29.2 Å². The second kappa shape index (κ2) is 5.22. The van der Waals surface area contributed by atoms with Crippen molar-refractivity contribution < 1.29 is 13.2 Å². The van der Waals surface area contributed by atoms with Crippen molar-refractivity contribution in [3.63, 3.8) is 0 Å². The first-order valence-corrected chi connectivity index (χ1v) is 6.99. The number of nitrogens with one attached hydrogen (secondary N) is 1. The van der Waals surface area contributed by atoms with Crippen molar-refractivity contribution in [2.75, 3.05) is 11.3 Å². The van der Waals surface area contributed by atoms with Crippen LogP contribution in [0.25, 0.3) is 0 Å². The molecule has 0 radical (unpaired) electrons. The second-order valence-electron chi connectivity index (χ2n) is 3.61. The van der Waals surface area contributed by atoms with Gasteiger partial charge in [0.2, 0.25) is 0 Å². The van der Waals surface area contributed by atoms with E-state index in [-0.39, 0.29) is 10.8 Å². The molecule has 19 heavy (non-hydrogen) atoms. The number of ether oxygens (including phenoxy) is 1. The van der Waals surface area contributed by atoms with Gasteiger partial charge in [0.1, 0.15) is 5.75 Å². The Bertz CT molecular complexity index is 650. The Kier molecular flexibility index (Phi) is 3.65. The fourth-order valence-electron chi connectivity index (χ4n) is 1.39. The van der Waals surface area contributed by atoms with Crippen LogP contribution in [0.1, 0.15) is 6.92 Å². The maximum Gasteiger partial charge on any atom is 0.277 e. The van der Waals surface area contributed by atoms with Crippen molar-refractivity contribution in [2.24, 2.45) is 7.05 Å². The van der Waals surface area contributed by atoms with E-state index in [0.717, 1.165) is 4.80 Å².